The number of hydrogen-bond donors (Lipinski definition) is 0. The van der Waals surface area contributed by atoms with Gasteiger partial charge < -0.3 is 14.2 Å². The molecule has 1 saturated carbocycles. The van der Waals surface area contributed by atoms with E-state index in [1.54, 1.807) is 32.5 Å². The van der Waals surface area contributed by atoms with Crippen molar-refractivity contribution in [3.8, 4) is 17.2 Å². The Morgan fingerprint density at radius 3 is 2.26 bits per heavy atom. The highest BCUT2D eigenvalue weighted by Gasteiger charge is 2.15. The fourth-order valence-electron chi connectivity index (χ4n) is 4.21. The van der Waals surface area contributed by atoms with Crippen molar-refractivity contribution in [2.45, 2.75) is 52.9 Å². The number of ether oxygens (including phenoxy) is 3. The SMILES string of the molecule is CCc1ccc(OC)cc1OC.Cc1ccc(F)cc1F.Cc1nc2ccc(OCC3CCCC3)cc2s1. The van der Waals surface area contributed by atoms with Gasteiger partial charge in [-0.15, -0.1) is 11.3 Å². The summed E-state index contributed by atoms with van der Waals surface area (Å²) >= 11 is 1.73. The van der Waals surface area contributed by atoms with Crippen molar-refractivity contribution in [2.75, 3.05) is 20.8 Å². The number of aryl methyl sites for hydroxylation is 3. The van der Waals surface area contributed by atoms with Crippen molar-refractivity contribution >= 4 is 21.6 Å². The van der Waals surface area contributed by atoms with Gasteiger partial charge in [0.2, 0.25) is 0 Å². The molecule has 1 heterocycles. The van der Waals surface area contributed by atoms with Crippen LogP contribution in [0.3, 0.4) is 0 Å². The summed E-state index contributed by atoms with van der Waals surface area (Å²) in [6.45, 7) is 6.62. The van der Waals surface area contributed by atoms with Crippen LogP contribution in [0.4, 0.5) is 8.78 Å². The van der Waals surface area contributed by atoms with E-state index in [9.17, 15) is 8.78 Å². The summed E-state index contributed by atoms with van der Waals surface area (Å²) in [6, 6.07) is 15.6. The van der Waals surface area contributed by atoms with E-state index >= 15 is 0 Å². The van der Waals surface area contributed by atoms with E-state index in [2.05, 4.69) is 24.0 Å². The van der Waals surface area contributed by atoms with Gasteiger partial charge in [-0.25, -0.2) is 13.8 Å². The summed E-state index contributed by atoms with van der Waals surface area (Å²) in [6.07, 6.45) is 6.40. The molecule has 4 aromatic rings. The van der Waals surface area contributed by atoms with Gasteiger partial charge in [0.1, 0.15) is 28.9 Å². The zero-order valence-corrected chi connectivity index (χ0v) is 23.7. The molecule has 0 amide bonds. The van der Waals surface area contributed by atoms with Crippen LogP contribution in [-0.4, -0.2) is 25.8 Å². The first-order valence-electron chi connectivity index (χ1n) is 13.0. The van der Waals surface area contributed by atoms with Crippen molar-refractivity contribution in [1.82, 2.24) is 4.98 Å². The Bertz CT molecular complexity index is 1300. The van der Waals surface area contributed by atoms with Crippen LogP contribution in [0.2, 0.25) is 0 Å². The molecule has 0 N–H and O–H groups in total. The van der Waals surface area contributed by atoms with E-state index in [1.165, 1.54) is 48.1 Å². The van der Waals surface area contributed by atoms with Gasteiger partial charge in [0.05, 0.1) is 36.1 Å². The van der Waals surface area contributed by atoms with Gasteiger partial charge in [0, 0.05) is 12.1 Å². The molecule has 38 heavy (non-hydrogen) atoms. The molecule has 3 aromatic carbocycles. The van der Waals surface area contributed by atoms with E-state index in [-0.39, 0.29) is 0 Å². The molecule has 1 aromatic heterocycles. The zero-order valence-electron chi connectivity index (χ0n) is 22.9. The molecule has 0 saturated heterocycles. The first-order valence-corrected chi connectivity index (χ1v) is 13.8. The number of hydrogen-bond acceptors (Lipinski definition) is 5. The summed E-state index contributed by atoms with van der Waals surface area (Å²) < 4.78 is 41.8. The Labute approximate surface area is 228 Å². The minimum absolute atomic E-state index is 0.469. The van der Waals surface area contributed by atoms with Crippen LogP contribution in [0, 0.1) is 31.4 Å². The Morgan fingerprint density at radius 1 is 0.895 bits per heavy atom. The maximum atomic E-state index is 12.3. The minimum atomic E-state index is -0.530. The van der Waals surface area contributed by atoms with E-state index in [0.29, 0.717) is 5.56 Å². The largest absolute Gasteiger partial charge is 0.497 e. The maximum absolute atomic E-state index is 12.3. The normalized spacial score (nSPS) is 12.8. The highest BCUT2D eigenvalue weighted by molar-refractivity contribution is 7.18. The second kappa shape index (κ2) is 14.7. The fraction of sp³-hybridized carbons (Fsp3) is 0.387. The molecule has 1 aliphatic rings. The lowest BCUT2D eigenvalue weighted by atomic mass is 10.1. The van der Waals surface area contributed by atoms with Crippen molar-refractivity contribution in [3.05, 3.63) is 82.4 Å². The predicted octanol–water partition coefficient (Wildman–Crippen LogP) is 8.71. The molecule has 0 unspecified atom stereocenters. The molecular formula is C31H37F2NO3S. The molecule has 204 valence electrons. The van der Waals surface area contributed by atoms with Crippen LogP contribution < -0.4 is 14.2 Å². The Morgan fingerprint density at radius 2 is 1.63 bits per heavy atom. The monoisotopic (exact) mass is 541 g/mol. The Hall–Kier alpha value is -3.19. The average Bonchev–Trinajstić information content (AvgIpc) is 3.58. The van der Waals surface area contributed by atoms with E-state index in [4.69, 9.17) is 14.2 Å². The lowest BCUT2D eigenvalue weighted by Gasteiger charge is -2.10. The molecule has 7 heteroatoms. The quantitative estimate of drug-likeness (QED) is 0.245. The number of aromatic nitrogens is 1. The first-order chi connectivity index (χ1) is 18.3. The molecular weight excluding hydrogens is 504 g/mol. The van der Waals surface area contributed by atoms with Gasteiger partial charge in [-0.3, -0.25) is 0 Å². The topological polar surface area (TPSA) is 40.6 Å². The minimum Gasteiger partial charge on any atom is -0.497 e. The molecule has 0 aliphatic heterocycles. The van der Waals surface area contributed by atoms with E-state index in [1.807, 2.05) is 31.2 Å². The summed E-state index contributed by atoms with van der Waals surface area (Å²) in [7, 11) is 3.33. The van der Waals surface area contributed by atoms with Gasteiger partial charge in [0.15, 0.2) is 0 Å². The van der Waals surface area contributed by atoms with Crippen LogP contribution in [0.15, 0.2) is 54.6 Å². The lowest BCUT2D eigenvalue weighted by molar-refractivity contribution is 0.252. The predicted molar refractivity (Wildman–Crippen MR) is 152 cm³/mol. The Kier molecular flexibility index (Phi) is 11.3. The van der Waals surface area contributed by atoms with Crippen molar-refractivity contribution < 1.29 is 23.0 Å². The van der Waals surface area contributed by atoms with Crippen molar-refractivity contribution in [1.29, 1.82) is 0 Å². The molecule has 5 rings (SSSR count). The number of methoxy groups -OCH3 is 2. The average molecular weight is 542 g/mol. The molecule has 0 radical (unpaired) electrons. The van der Waals surface area contributed by atoms with Gasteiger partial charge in [0.25, 0.3) is 0 Å². The summed E-state index contributed by atoms with van der Waals surface area (Å²) in [5.74, 6) is 2.48. The van der Waals surface area contributed by atoms with Crippen LogP contribution in [0.25, 0.3) is 10.2 Å². The third-order valence-electron chi connectivity index (χ3n) is 6.44. The summed E-state index contributed by atoms with van der Waals surface area (Å²) in [5.41, 5.74) is 2.76. The lowest BCUT2D eigenvalue weighted by Crippen LogP contribution is -2.07. The summed E-state index contributed by atoms with van der Waals surface area (Å²) in [4.78, 5) is 4.45. The number of benzene rings is 3. The molecule has 4 nitrogen and oxygen atoms in total. The van der Waals surface area contributed by atoms with Crippen LogP contribution >= 0.6 is 11.3 Å². The third kappa shape index (κ3) is 8.69. The van der Waals surface area contributed by atoms with Crippen molar-refractivity contribution in [3.63, 3.8) is 0 Å². The molecule has 0 bridgehead atoms. The number of rotatable bonds is 6. The third-order valence-corrected chi connectivity index (χ3v) is 7.37. The van der Waals surface area contributed by atoms with E-state index < -0.39 is 11.6 Å². The van der Waals surface area contributed by atoms with Gasteiger partial charge >= 0.3 is 0 Å². The van der Waals surface area contributed by atoms with E-state index in [0.717, 1.165) is 52.8 Å². The number of nitrogens with zero attached hydrogens (tertiary/aromatic N) is 1. The standard InChI is InChI=1S/C14H17NOS.C10H14O2.C7H6F2/c1-10-15-13-7-6-12(8-14(13)17-10)16-9-11-4-2-3-5-11;1-4-8-5-6-9(11-2)7-10(8)12-3;1-5-2-3-6(8)4-7(5)9/h6-8,11H,2-5,9H2,1H3;5-7H,4H2,1-3H3;2-4H,1H3. The highest BCUT2D eigenvalue weighted by atomic mass is 32.1. The number of halogens is 2. The molecule has 0 atom stereocenters. The second-order valence-electron chi connectivity index (χ2n) is 9.25. The number of thiazole rings is 1. The van der Waals surface area contributed by atoms with Crippen LogP contribution in [0.5, 0.6) is 17.2 Å². The smallest absolute Gasteiger partial charge is 0.129 e. The molecule has 0 spiro atoms. The van der Waals surface area contributed by atoms with Gasteiger partial charge in [-0.2, -0.15) is 0 Å². The van der Waals surface area contributed by atoms with Crippen molar-refractivity contribution in [2.24, 2.45) is 5.92 Å². The highest BCUT2D eigenvalue weighted by Crippen LogP contribution is 2.29. The number of fused-ring (bicyclic) bond motifs is 1. The van der Waals surface area contributed by atoms with Crippen LogP contribution in [0.1, 0.15) is 48.7 Å². The molecule has 1 aliphatic carbocycles. The molecule has 1 fully saturated rings. The van der Waals surface area contributed by atoms with Crippen LogP contribution in [-0.2, 0) is 6.42 Å². The maximum Gasteiger partial charge on any atom is 0.129 e. The van der Waals surface area contributed by atoms with Gasteiger partial charge in [-0.05, 0) is 80.5 Å². The second-order valence-corrected chi connectivity index (χ2v) is 10.5. The first kappa shape index (κ1) is 29.4. The fourth-order valence-corrected chi connectivity index (χ4v) is 5.07. The Balaban J connectivity index is 0.000000168. The van der Waals surface area contributed by atoms with Gasteiger partial charge in [-0.1, -0.05) is 31.9 Å². The summed E-state index contributed by atoms with van der Waals surface area (Å²) in [5, 5.41) is 1.12. The zero-order chi connectivity index (χ0) is 27.5.